The van der Waals surface area contributed by atoms with Crippen molar-refractivity contribution in [3.05, 3.63) is 24.2 Å². The minimum absolute atomic E-state index is 0.0836. The van der Waals surface area contributed by atoms with Crippen LogP contribution in [0.1, 0.15) is 5.76 Å². The maximum absolute atomic E-state index is 11.5. The van der Waals surface area contributed by atoms with Gasteiger partial charge >= 0.3 is 0 Å². The summed E-state index contributed by atoms with van der Waals surface area (Å²) in [6, 6.07) is 3.55. The van der Waals surface area contributed by atoms with Gasteiger partial charge in [-0.25, -0.2) is 5.43 Å². The van der Waals surface area contributed by atoms with Gasteiger partial charge in [-0.1, -0.05) is 0 Å². The molecule has 17 heavy (non-hydrogen) atoms. The molecule has 0 saturated carbocycles. The number of nitrogens with one attached hydrogen (secondary N) is 1. The van der Waals surface area contributed by atoms with Gasteiger partial charge in [0.1, 0.15) is 5.76 Å². The average Bonchev–Trinajstić information content (AvgIpc) is 2.83. The van der Waals surface area contributed by atoms with Gasteiger partial charge in [-0.2, -0.15) is 16.9 Å². The molecule has 0 aliphatic carbocycles. The topological polar surface area (TPSA) is 57.8 Å². The first-order valence-corrected chi connectivity index (χ1v) is 6.65. The van der Waals surface area contributed by atoms with Crippen molar-refractivity contribution >= 4 is 23.9 Å². The van der Waals surface area contributed by atoms with Crippen molar-refractivity contribution in [2.75, 3.05) is 31.1 Å². The first-order chi connectivity index (χ1) is 8.34. The predicted octanol–water partition coefficient (Wildman–Crippen LogP) is 0.778. The first kappa shape index (κ1) is 12.2. The number of nitrogens with zero attached hydrogens (tertiary/aromatic N) is 2. The highest BCUT2D eigenvalue weighted by Gasteiger charge is 2.13. The van der Waals surface area contributed by atoms with Crippen LogP contribution in [0.3, 0.4) is 0 Å². The van der Waals surface area contributed by atoms with Gasteiger partial charge in [0.05, 0.1) is 19.0 Å². The van der Waals surface area contributed by atoms with Gasteiger partial charge in [0, 0.05) is 24.6 Å². The monoisotopic (exact) mass is 253 g/mol. The summed E-state index contributed by atoms with van der Waals surface area (Å²) < 4.78 is 5.05. The van der Waals surface area contributed by atoms with Crippen LogP contribution in [0.4, 0.5) is 0 Å². The van der Waals surface area contributed by atoms with E-state index in [4.69, 9.17) is 4.42 Å². The van der Waals surface area contributed by atoms with E-state index in [9.17, 15) is 4.79 Å². The number of carbonyl (C=O) groups is 1. The zero-order chi connectivity index (χ0) is 11.9. The van der Waals surface area contributed by atoms with E-state index in [1.807, 2.05) is 11.8 Å². The number of carbonyl (C=O) groups excluding carboxylic acids is 1. The lowest BCUT2D eigenvalue weighted by atomic mass is 10.4. The average molecular weight is 253 g/mol. The Balaban J connectivity index is 1.70. The third kappa shape index (κ3) is 4.24. The molecule has 2 heterocycles. The molecular weight excluding hydrogens is 238 g/mol. The molecule has 1 fully saturated rings. The van der Waals surface area contributed by atoms with E-state index in [2.05, 4.69) is 15.4 Å². The number of thioether (sulfide) groups is 1. The second-order valence-electron chi connectivity index (χ2n) is 3.70. The maximum Gasteiger partial charge on any atom is 0.254 e. The molecule has 1 aliphatic rings. The van der Waals surface area contributed by atoms with Gasteiger partial charge in [0.25, 0.3) is 5.91 Å². The quantitative estimate of drug-likeness (QED) is 0.636. The highest BCUT2D eigenvalue weighted by Crippen LogP contribution is 2.08. The molecule has 6 heteroatoms. The second kappa shape index (κ2) is 6.46. The van der Waals surface area contributed by atoms with E-state index in [1.165, 1.54) is 6.21 Å². The molecule has 1 saturated heterocycles. The molecule has 1 N–H and O–H groups in total. The van der Waals surface area contributed by atoms with E-state index in [0.717, 1.165) is 24.6 Å². The van der Waals surface area contributed by atoms with E-state index in [1.54, 1.807) is 18.4 Å². The van der Waals surface area contributed by atoms with Crippen LogP contribution in [0.2, 0.25) is 0 Å². The van der Waals surface area contributed by atoms with Crippen molar-refractivity contribution in [2.45, 2.75) is 0 Å². The first-order valence-electron chi connectivity index (χ1n) is 5.50. The van der Waals surface area contributed by atoms with Gasteiger partial charge in [-0.3, -0.25) is 9.69 Å². The van der Waals surface area contributed by atoms with Crippen molar-refractivity contribution in [2.24, 2.45) is 5.10 Å². The molecule has 1 amide bonds. The standard InChI is InChI=1S/C11H15N3O2S/c15-11(9-14-3-6-17-7-4-14)13-12-8-10-2-1-5-16-10/h1-2,5,8H,3-4,6-7,9H2,(H,13,15)/b12-8-. The minimum atomic E-state index is -0.0836. The lowest BCUT2D eigenvalue weighted by molar-refractivity contribution is -0.122. The maximum atomic E-state index is 11.5. The molecule has 0 aromatic carbocycles. The lowest BCUT2D eigenvalue weighted by Gasteiger charge is -2.24. The van der Waals surface area contributed by atoms with Crippen LogP contribution >= 0.6 is 11.8 Å². The van der Waals surface area contributed by atoms with Crippen molar-refractivity contribution in [1.82, 2.24) is 10.3 Å². The number of furan rings is 1. The Bertz CT molecular complexity index is 372. The number of amides is 1. The van der Waals surface area contributed by atoms with Crippen molar-refractivity contribution in [1.29, 1.82) is 0 Å². The predicted molar refractivity (Wildman–Crippen MR) is 68.2 cm³/mol. The van der Waals surface area contributed by atoms with Crippen LogP contribution in [-0.2, 0) is 4.79 Å². The molecular formula is C11H15N3O2S. The molecule has 0 radical (unpaired) electrons. The highest BCUT2D eigenvalue weighted by molar-refractivity contribution is 7.99. The fourth-order valence-corrected chi connectivity index (χ4v) is 2.51. The molecule has 1 aromatic rings. The molecule has 2 rings (SSSR count). The number of hydrogen-bond acceptors (Lipinski definition) is 5. The largest absolute Gasteiger partial charge is 0.463 e. The smallest absolute Gasteiger partial charge is 0.254 e. The number of hydrazone groups is 1. The third-order valence-electron chi connectivity index (χ3n) is 2.40. The third-order valence-corrected chi connectivity index (χ3v) is 3.34. The van der Waals surface area contributed by atoms with Gasteiger partial charge in [0.15, 0.2) is 0 Å². The van der Waals surface area contributed by atoms with E-state index in [0.29, 0.717) is 12.3 Å². The summed E-state index contributed by atoms with van der Waals surface area (Å²) >= 11 is 1.93. The van der Waals surface area contributed by atoms with Gasteiger partial charge in [-0.15, -0.1) is 0 Å². The van der Waals surface area contributed by atoms with E-state index in [-0.39, 0.29) is 5.91 Å². The molecule has 0 unspecified atom stereocenters. The second-order valence-corrected chi connectivity index (χ2v) is 4.92. The zero-order valence-corrected chi connectivity index (χ0v) is 10.3. The van der Waals surface area contributed by atoms with Crippen molar-refractivity contribution in [3.63, 3.8) is 0 Å². The summed E-state index contributed by atoms with van der Waals surface area (Å²) in [7, 11) is 0. The summed E-state index contributed by atoms with van der Waals surface area (Å²) in [5, 5.41) is 3.83. The van der Waals surface area contributed by atoms with Crippen LogP contribution in [0, 0.1) is 0 Å². The fraction of sp³-hybridized carbons (Fsp3) is 0.455. The van der Waals surface area contributed by atoms with Crippen LogP contribution in [-0.4, -0.2) is 48.2 Å². The summed E-state index contributed by atoms with van der Waals surface area (Å²) in [6.45, 7) is 2.36. The van der Waals surface area contributed by atoms with Crippen LogP contribution in [0.25, 0.3) is 0 Å². The summed E-state index contributed by atoms with van der Waals surface area (Å²) in [4.78, 5) is 13.7. The lowest BCUT2D eigenvalue weighted by Crippen LogP contribution is -2.40. The van der Waals surface area contributed by atoms with Gasteiger partial charge in [0.2, 0.25) is 0 Å². The molecule has 0 atom stereocenters. The number of hydrogen-bond donors (Lipinski definition) is 1. The molecule has 92 valence electrons. The fourth-order valence-electron chi connectivity index (χ4n) is 1.53. The molecule has 0 spiro atoms. The van der Waals surface area contributed by atoms with E-state index >= 15 is 0 Å². The van der Waals surface area contributed by atoms with Crippen molar-refractivity contribution < 1.29 is 9.21 Å². The van der Waals surface area contributed by atoms with E-state index < -0.39 is 0 Å². The Hall–Kier alpha value is -1.27. The Labute approximate surface area is 104 Å². The normalized spacial score (nSPS) is 17.4. The summed E-state index contributed by atoms with van der Waals surface area (Å²) in [6.07, 6.45) is 3.05. The highest BCUT2D eigenvalue weighted by atomic mass is 32.2. The Morgan fingerprint density at radius 3 is 3.12 bits per heavy atom. The van der Waals surface area contributed by atoms with Gasteiger partial charge in [-0.05, 0) is 12.1 Å². The molecule has 5 nitrogen and oxygen atoms in total. The van der Waals surface area contributed by atoms with Crippen molar-refractivity contribution in [3.8, 4) is 0 Å². The Kier molecular flexibility index (Phi) is 4.63. The zero-order valence-electron chi connectivity index (χ0n) is 9.46. The molecule has 1 aliphatic heterocycles. The molecule has 1 aromatic heterocycles. The number of rotatable bonds is 4. The van der Waals surface area contributed by atoms with Crippen LogP contribution in [0.5, 0.6) is 0 Å². The Morgan fingerprint density at radius 2 is 2.41 bits per heavy atom. The Morgan fingerprint density at radius 1 is 1.59 bits per heavy atom. The SMILES string of the molecule is O=C(CN1CCSCC1)N/N=C\c1ccco1. The van der Waals surface area contributed by atoms with Crippen LogP contribution in [0.15, 0.2) is 27.9 Å². The summed E-state index contributed by atoms with van der Waals surface area (Å²) in [5.74, 6) is 2.74. The summed E-state index contributed by atoms with van der Waals surface area (Å²) in [5.41, 5.74) is 2.49. The minimum Gasteiger partial charge on any atom is -0.463 e. The van der Waals surface area contributed by atoms with Gasteiger partial charge < -0.3 is 4.42 Å². The van der Waals surface area contributed by atoms with Crippen LogP contribution < -0.4 is 5.43 Å². The molecule has 0 bridgehead atoms.